The molecule has 0 radical (unpaired) electrons. The Bertz CT molecular complexity index is 964. The maximum Gasteiger partial charge on any atom is 0.155 e. The van der Waals surface area contributed by atoms with Gasteiger partial charge in [-0.3, -0.25) is 5.41 Å². The number of nitrogens with zero attached hydrogens (tertiary/aromatic N) is 6. The standard InChI is InChI=1S/C22H32N8O/c1-15(2)26-21(25-14-23)18-13-29-8-9-31-19-10-20(24-11-17(19)22(29)27-18)30-7-5-6-16(30)12-28(3)4/h10-11,13-16H,5-9,12H2,1-4H3,(H2,23,25,26). The van der Waals surface area contributed by atoms with Crippen molar-refractivity contribution >= 4 is 18.0 Å². The van der Waals surface area contributed by atoms with Gasteiger partial charge in [0.05, 0.1) is 12.1 Å². The van der Waals surface area contributed by atoms with E-state index in [0.717, 1.165) is 48.1 Å². The number of ether oxygens (including phenoxy) is 1. The molecule has 31 heavy (non-hydrogen) atoms. The topological polar surface area (TPSA) is 94.7 Å². The van der Waals surface area contributed by atoms with Gasteiger partial charge in [0.2, 0.25) is 0 Å². The minimum absolute atomic E-state index is 0.190. The summed E-state index contributed by atoms with van der Waals surface area (Å²) in [6, 6.07) is 2.73. The number of aliphatic imine (C=N–C) groups is 1. The fourth-order valence-corrected chi connectivity index (χ4v) is 4.30. The first-order chi connectivity index (χ1) is 15.0. The second kappa shape index (κ2) is 9.05. The van der Waals surface area contributed by atoms with Gasteiger partial charge in [0.25, 0.3) is 0 Å². The van der Waals surface area contributed by atoms with E-state index < -0.39 is 0 Å². The van der Waals surface area contributed by atoms with E-state index in [1.54, 1.807) is 0 Å². The van der Waals surface area contributed by atoms with Crippen molar-refractivity contribution in [3.63, 3.8) is 0 Å². The summed E-state index contributed by atoms with van der Waals surface area (Å²) in [4.78, 5) is 18.4. The van der Waals surface area contributed by atoms with Crippen LogP contribution in [0.4, 0.5) is 5.82 Å². The average Bonchev–Trinajstić information content (AvgIpc) is 3.30. The van der Waals surface area contributed by atoms with Gasteiger partial charge in [-0.1, -0.05) is 0 Å². The van der Waals surface area contributed by atoms with Crippen LogP contribution in [0.1, 0.15) is 32.4 Å². The number of likely N-dealkylation sites (N-methyl/N-ethyl adjacent to an activating group) is 1. The highest BCUT2D eigenvalue weighted by atomic mass is 16.5. The molecule has 2 aliphatic heterocycles. The lowest BCUT2D eigenvalue weighted by molar-refractivity contribution is 0.306. The summed E-state index contributed by atoms with van der Waals surface area (Å²) >= 11 is 0. The molecule has 0 amide bonds. The molecule has 2 N–H and O–H groups in total. The molecule has 0 aliphatic carbocycles. The number of imidazole rings is 1. The van der Waals surface area contributed by atoms with Crippen LogP contribution in [0, 0.1) is 5.41 Å². The minimum atomic E-state index is 0.190. The molecule has 9 heteroatoms. The Morgan fingerprint density at radius 3 is 3.00 bits per heavy atom. The summed E-state index contributed by atoms with van der Waals surface area (Å²) < 4.78 is 8.18. The summed E-state index contributed by atoms with van der Waals surface area (Å²) in [6.07, 6.45) is 7.26. The van der Waals surface area contributed by atoms with Crippen LogP contribution >= 0.6 is 0 Å². The summed E-state index contributed by atoms with van der Waals surface area (Å²) in [5, 5.41) is 10.7. The van der Waals surface area contributed by atoms with Gasteiger partial charge in [-0.25, -0.2) is 15.0 Å². The highest BCUT2D eigenvalue weighted by Crippen LogP contribution is 2.35. The maximum absolute atomic E-state index is 7.38. The van der Waals surface area contributed by atoms with Crippen LogP contribution in [0.2, 0.25) is 0 Å². The van der Waals surface area contributed by atoms with Crippen LogP contribution < -0.4 is 15.0 Å². The number of aromatic nitrogens is 3. The van der Waals surface area contributed by atoms with Crippen LogP contribution in [-0.2, 0) is 6.54 Å². The zero-order chi connectivity index (χ0) is 22.0. The summed E-state index contributed by atoms with van der Waals surface area (Å²) in [5.41, 5.74) is 1.60. The van der Waals surface area contributed by atoms with E-state index in [1.165, 1.54) is 12.8 Å². The molecule has 2 aromatic rings. The first-order valence-electron chi connectivity index (χ1n) is 10.9. The second-order valence-corrected chi connectivity index (χ2v) is 8.69. The summed E-state index contributed by atoms with van der Waals surface area (Å²) in [6.45, 7) is 7.38. The lowest BCUT2D eigenvalue weighted by Gasteiger charge is -2.28. The molecular formula is C22H32N8O. The van der Waals surface area contributed by atoms with E-state index in [4.69, 9.17) is 20.1 Å². The van der Waals surface area contributed by atoms with Crippen LogP contribution in [-0.4, -0.2) is 77.5 Å². The van der Waals surface area contributed by atoms with Crippen molar-refractivity contribution < 1.29 is 4.74 Å². The van der Waals surface area contributed by atoms with Gasteiger partial charge in [0, 0.05) is 43.6 Å². The normalized spacial score (nSPS) is 18.6. The molecule has 1 unspecified atom stereocenters. The number of anilines is 1. The SMILES string of the molecule is CC(C)N/C(=N\C=N)c1cn2c(n1)-c1cnc(N3CCCC3CN(C)C)cc1OCC2. The molecule has 0 spiro atoms. The summed E-state index contributed by atoms with van der Waals surface area (Å²) in [5.74, 6) is 3.20. The molecule has 2 aliphatic rings. The van der Waals surface area contributed by atoms with Crippen LogP contribution in [0.3, 0.4) is 0 Å². The Balaban J connectivity index is 1.67. The Labute approximate surface area is 183 Å². The fraction of sp³-hybridized carbons (Fsp3) is 0.545. The number of rotatable bonds is 6. The lowest BCUT2D eigenvalue weighted by Crippen LogP contribution is -2.38. The Kier molecular flexibility index (Phi) is 6.22. The number of hydrogen-bond donors (Lipinski definition) is 2. The lowest BCUT2D eigenvalue weighted by atomic mass is 10.2. The van der Waals surface area contributed by atoms with Crippen molar-refractivity contribution in [3.05, 3.63) is 24.2 Å². The van der Waals surface area contributed by atoms with E-state index in [0.29, 0.717) is 25.0 Å². The monoisotopic (exact) mass is 424 g/mol. The van der Waals surface area contributed by atoms with Crippen molar-refractivity contribution in [1.29, 1.82) is 5.41 Å². The van der Waals surface area contributed by atoms with Gasteiger partial charge in [-0.05, 0) is 40.8 Å². The molecule has 2 aromatic heterocycles. The van der Waals surface area contributed by atoms with Gasteiger partial charge in [-0.15, -0.1) is 0 Å². The van der Waals surface area contributed by atoms with Crippen LogP contribution in [0.5, 0.6) is 5.75 Å². The predicted molar refractivity (Wildman–Crippen MR) is 123 cm³/mol. The number of hydrogen-bond acceptors (Lipinski definition) is 6. The highest BCUT2D eigenvalue weighted by Gasteiger charge is 2.28. The first kappa shape index (κ1) is 21.3. The molecule has 4 heterocycles. The minimum Gasteiger partial charge on any atom is -0.491 e. The molecule has 166 valence electrons. The predicted octanol–water partition coefficient (Wildman–Crippen LogP) is 2.22. The molecule has 1 fully saturated rings. The van der Waals surface area contributed by atoms with Crippen LogP contribution in [0.15, 0.2) is 23.5 Å². The zero-order valence-corrected chi connectivity index (χ0v) is 18.8. The third kappa shape index (κ3) is 4.56. The maximum atomic E-state index is 7.38. The van der Waals surface area contributed by atoms with Crippen molar-refractivity contribution in [2.75, 3.05) is 38.7 Å². The van der Waals surface area contributed by atoms with Gasteiger partial charge in [0.15, 0.2) is 5.84 Å². The molecule has 4 rings (SSSR count). The quantitative estimate of drug-likeness (QED) is 0.545. The average molecular weight is 425 g/mol. The zero-order valence-electron chi connectivity index (χ0n) is 18.8. The molecule has 0 bridgehead atoms. The van der Waals surface area contributed by atoms with Crippen molar-refractivity contribution in [3.8, 4) is 17.1 Å². The van der Waals surface area contributed by atoms with E-state index >= 15 is 0 Å². The van der Waals surface area contributed by atoms with Gasteiger partial charge in [-0.2, -0.15) is 0 Å². The van der Waals surface area contributed by atoms with Gasteiger partial charge < -0.3 is 24.4 Å². The van der Waals surface area contributed by atoms with Crippen molar-refractivity contribution in [2.45, 2.75) is 45.3 Å². The molecule has 1 saturated heterocycles. The largest absolute Gasteiger partial charge is 0.491 e. The molecule has 1 atom stereocenters. The van der Waals surface area contributed by atoms with Crippen molar-refractivity contribution in [1.82, 2.24) is 24.8 Å². The Hall–Kier alpha value is -2.94. The third-order valence-corrected chi connectivity index (χ3v) is 5.57. The fourth-order valence-electron chi connectivity index (χ4n) is 4.30. The third-order valence-electron chi connectivity index (χ3n) is 5.57. The molecule has 0 aromatic carbocycles. The number of amidine groups is 1. The Morgan fingerprint density at radius 1 is 1.42 bits per heavy atom. The van der Waals surface area contributed by atoms with E-state index in [2.05, 4.69) is 44.8 Å². The number of pyridine rings is 1. The van der Waals surface area contributed by atoms with Crippen molar-refractivity contribution in [2.24, 2.45) is 4.99 Å². The van der Waals surface area contributed by atoms with Gasteiger partial charge >= 0.3 is 0 Å². The first-order valence-corrected chi connectivity index (χ1v) is 10.9. The van der Waals surface area contributed by atoms with E-state index in [-0.39, 0.29) is 6.04 Å². The smallest absolute Gasteiger partial charge is 0.155 e. The molecular weight excluding hydrogens is 392 g/mol. The van der Waals surface area contributed by atoms with Crippen LogP contribution in [0.25, 0.3) is 11.4 Å². The summed E-state index contributed by atoms with van der Waals surface area (Å²) in [7, 11) is 4.23. The highest BCUT2D eigenvalue weighted by molar-refractivity contribution is 6.01. The van der Waals surface area contributed by atoms with Gasteiger partial charge in [0.1, 0.15) is 36.0 Å². The Morgan fingerprint density at radius 2 is 2.26 bits per heavy atom. The molecule has 0 saturated carbocycles. The number of nitrogens with one attached hydrogen (secondary N) is 2. The van der Waals surface area contributed by atoms with E-state index in [1.807, 2.05) is 26.2 Å². The second-order valence-electron chi connectivity index (χ2n) is 8.69. The number of fused-ring (bicyclic) bond motifs is 3. The molecule has 9 nitrogen and oxygen atoms in total. The van der Waals surface area contributed by atoms with E-state index in [9.17, 15) is 0 Å².